The van der Waals surface area contributed by atoms with E-state index in [-0.39, 0.29) is 5.97 Å². The molecule has 0 fully saturated rings. The van der Waals surface area contributed by atoms with Gasteiger partial charge in [0.15, 0.2) is 5.96 Å². The molecule has 7 heteroatoms. The molecule has 0 bridgehead atoms. The molecular weight excluding hydrogens is 276 g/mol. The normalized spacial score (nSPS) is 11.3. The molecular formula is C13H22N4O2S. The molecule has 0 radical (unpaired) electrons. The largest absolute Gasteiger partial charge is 0.469 e. The molecule has 1 rings (SSSR count). The van der Waals surface area contributed by atoms with Gasteiger partial charge < -0.3 is 15.4 Å². The van der Waals surface area contributed by atoms with Crippen LogP contribution in [-0.2, 0) is 16.1 Å². The SMILES string of the molecule is CCNC(=NCc1sc(C)nc1C)NCCC(=O)OC. The van der Waals surface area contributed by atoms with Crippen molar-refractivity contribution >= 4 is 23.3 Å². The highest BCUT2D eigenvalue weighted by Gasteiger charge is 2.05. The number of carbonyl (C=O) groups excluding carboxylic acids is 1. The fourth-order valence-corrected chi connectivity index (χ4v) is 2.46. The summed E-state index contributed by atoms with van der Waals surface area (Å²) in [5.74, 6) is 0.462. The fourth-order valence-electron chi connectivity index (χ4n) is 1.60. The van der Waals surface area contributed by atoms with E-state index in [1.807, 2.05) is 20.8 Å². The lowest BCUT2D eigenvalue weighted by atomic mass is 10.4. The molecule has 0 saturated carbocycles. The highest BCUT2D eigenvalue weighted by atomic mass is 32.1. The Morgan fingerprint density at radius 1 is 1.40 bits per heavy atom. The molecule has 0 unspecified atom stereocenters. The molecule has 0 saturated heterocycles. The summed E-state index contributed by atoms with van der Waals surface area (Å²) in [7, 11) is 1.39. The molecule has 0 atom stereocenters. The van der Waals surface area contributed by atoms with E-state index in [1.54, 1.807) is 11.3 Å². The zero-order chi connectivity index (χ0) is 15.0. The van der Waals surface area contributed by atoms with Crippen molar-refractivity contribution in [3.63, 3.8) is 0 Å². The van der Waals surface area contributed by atoms with Crippen molar-refractivity contribution in [2.75, 3.05) is 20.2 Å². The van der Waals surface area contributed by atoms with E-state index in [0.717, 1.165) is 22.1 Å². The number of rotatable bonds is 6. The minimum absolute atomic E-state index is 0.234. The fraction of sp³-hybridized carbons (Fsp3) is 0.615. The summed E-state index contributed by atoms with van der Waals surface area (Å²) in [5, 5.41) is 7.30. The Hall–Kier alpha value is -1.63. The van der Waals surface area contributed by atoms with Crippen LogP contribution in [0, 0.1) is 13.8 Å². The van der Waals surface area contributed by atoms with Crippen LogP contribution in [-0.4, -0.2) is 37.1 Å². The highest BCUT2D eigenvalue weighted by molar-refractivity contribution is 7.11. The number of thiazole rings is 1. The van der Waals surface area contributed by atoms with Crippen molar-refractivity contribution in [3.05, 3.63) is 15.6 Å². The average Bonchev–Trinajstić information content (AvgIpc) is 2.74. The topological polar surface area (TPSA) is 75.6 Å². The van der Waals surface area contributed by atoms with Crippen molar-refractivity contribution in [3.8, 4) is 0 Å². The van der Waals surface area contributed by atoms with E-state index in [4.69, 9.17) is 0 Å². The van der Waals surface area contributed by atoms with Crippen LogP contribution in [0.4, 0.5) is 0 Å². The second-order valence-corrected chi connectivity index (χ2v) is 5.48. The molecule has 6 nitrogen and oxygen atoms in total. The van der Waals surface area contributed by atoms with Gasteiger partial charge in [0.25, 0.3) is 0 Å². The number of esters is 1. The second kappa shape index (κ2) is 8.52. The van der Waals surface area contributed by atoms with Crippen molar-refractivity contribution in [1.82, 2.24) is 15.6 Å². The van der Waals surface area contributed by atoms with E-state index in [2.05, 4.69) is 25.3 Å². The Morgan fingerprint density at radius 3 is 2.70 bits per heavy atom. The number of aromatic nitrogens is 1. The summed E-state index contributed by atoms with van der Waals surface area (Å²) in [6, 6.07) is 0. The second-order valence-electron chi connectivity index (χ2n) is 4.19. The number of nitrogens with zero attached hydrogens (tertiary/aromatic N) is 2. The van der Waals surface area contributed by atoms with Gasteiger partial charge >= 0.3 is 5.97 Å². The third kappa shape index (κ3) is 5.56. The van der Waals surface area contributed by atoms with Gasteiger partial charge in [0.1, 0.15) is 0 Å². The van der Waals surface area contributed by atoms with Gasteiger partial charge in [-0.15, -0.1) is 11.3 Å². The number of guanidine groups is 1. The minimum atomic E-state index is -0.234. The van der Waals surface area contributed by atoms with Crippen LogP contribution in [0.15, 0.2) is 4.99 Å². The average molecular weight is 298 g/mol. The van der Waals surface area contributed by atoms with Gasteiger partial charge in [0.2, 0.25) is 0 Å². The van der Waals surface area contributed by atoms with E-state index in [9.17, 15) is 4.79 Å². The summed E-state index contributed by atoms with van der Waals surface area (Å²) >= 11 is 1.66. The van der Waals surface area contributed by atoms with Crippen LogP contribution in [0.2, 0.25) is 0 Å². The Balaban J connectivity index is 2.54. The molecule has 0 aliphatic rings. The Morgan fingerprint density at radius 2 is 2.15 bits per heavy atom. The molecule has 0 aliphatic heterocycles. The highest BCUT2D eigenvalue weighted by Crippen LogP contribution is 2.17. The minimum Gasteiger partial charge on any atom is -0.469 e. The summed E-state index contributed by atoms with van der Waals surface area (Å²) in [5.41, 5.74) is 1.03. The predicted molar refractivity (Wildman–Crippen MR) is 81.0 cm³/mol. The predicted octanol–water partition coefficient (Wildman–Crippen LogP) is 1.38. The number of hydrogen-bond acceptors (Lipinski definition) is 5. The number of ether oxygens (including phenoxy) is 1. The van der Waals surface area contributed by atoms with Crippen LogP contribution >= 0.6 is 11.3 Å². The molecule has 0 amide bonds. The van der Waals surface area contributed by atoms with Crippen molar-refractivity contribution < 1.29 is 9.53 Å². The number of carbonyl (C=O) groups is 1. The number of aliphatic imine (C=N–C) groups is 1. The molecule has 20 heavy (non-hydrogen) atoms. The first kappa shape index (κ1) is 16.4. The lowest BCUT2D eigenvalue weighted by Gasteiger charge is -2.10. The summed E-state index contributed by atoms with van der Waals surface area (Å²) in [4.78, 5) is 21.1. The van der Waals surface area contributed by atoms with Crippen LogP contribution in [0.3, 0.4) is 0 Å². The van der Waals surface area contributed by atoms with Gasteiger partial charge in [-0.05, 0) is 20.8 Å². The Kier molecular flexibility index (Phi) is 7.00. The standard InChI is InChI=1S/C13H22N4O2S/c1-5-14-13(15-7-6-12(18)19-4)16-8-11-9(2)17-10(3)20-11/h5-8H2,1-4H3,(H2,14,15,16). The molecule has 112 valence electrons. The molecule has 2 N–H and O–H groups in total. The monoisotopic (exact) mass is 298 g/mol. The lowest BCUT2D eigenvalue weighted by molar-refractivity contribution is -0.140. The molecule has 0 aromatic carbocycles. The summed E-state index contributed by atoms with van der Waals surface area (Å²) < 4.78 is 4.59. The number of methoxy groups -OCH3 is 1. The van der Waals surface area contributed by atoms with Gasteiger partial charge in [-0.25, -0.2) is 9.98 Å². The van der Waals surface area contributed by atoms with E-state index >= 15 is 0 Å². The van der Waals surface area contributed by atoms with Gasteiger partial charge in [-0.3, -0.25) is 4.79 Å². The number of aryl methyl sites for hydroxylation is 2. The van der Waals surface area contributed by atoms with Crippen molar-refractivity contribution in [2.45, 2.75) is 33.7 Å². The summed E-state index contributed by atoms with van der Waals surface area (Å²) in [6.45, 7) is 7.84. The van der Waals surface area contributed by atoms with Gasteiger partial charge in [0, 0.05) is 18.0 Å². The summed E-state index contributed by atoms with van der Waals surface area (Å²) in [6.07, 6.45) is 0.319. The third-order valence-electron chi connectivity index (χ3n) is 2.57. The zero-order valence-corrected chi connectivity index (χ0v) is 13.3. The zero-order valence-electron chi connectivity index (χ0n) is 12.4. The molecule has 1 aromatic rings. The lowest BCUT2D eigenvalue weighted by Crippen LogP contribution is -2.38. The maximum atomic E-state index is 11.0. The molecule has 0 spiro atoms. The van der Waals surface area contributed by atoms with Gasteiger partial charge in [-0.2, -0.15) is 0 Å². The smallest absolute Gasteiger partial charge is 0.307 e. The molecule has 1 heterocycles. The van der Waals surface area contributed by atoms with Crippen LogP contribution in [0.1, 0.15) is 28.9 Å². The van der Waals surface area contributed by atoms with E-state index in [1.165, 1.54) is 7.11 Å². The van der Waals surface area contributed by atoms with Crippen molar-refractivity contribution in [1.29, 1.82) is 0 Å². The van der Waals surface area contributed by atoms with Crippen molar-refractivity contribution in [2.24, 2.45) is 4.99 Å². The van der Waals surface area contributed by atoms with Crippen LogP contribution in [0.5, 0.6) is 0 Å². The van der Waals surface area contributed by atoms with E-state index in [0.29, 0.717) is 25.5 Å². The first-order chi connectivity index (χ1) is 9.56. The van der Waals surface area contributed by atoms with Gasteiger partial charge in [-0.1, -0.05) is 0 Å². The first-order valence-corrected chi connectivity index (χ1v) is 7.40. The molecule has 0 aliphatic carbocycles. The third-order valence-corrected chi connectivity index (χ3v) is 3.63. The quantitative estimate of drug-likeness (QED) is 0.471. The van der Waals surface area contributed by atoms with Crippen LogP contribution < -0.4 is 10.6 Å². The first-order valence-electron chi connectivity index (χ1n) is 6.58. The Labute approximate surface area is 123 Å². The maximum absolute atomic E-state index is 11.0. The molecule has 1 aromatic heterocycles. The number of hydrogen-bond donors (Lipinski definition) is 2. The number of nitrogens with one attached hydrogen (secondary N) is 2. The van der Waals surface area contributed by atoms with E-state index < -0.39 is 0 Å². The Bertz CT molecular complexity index is 471. The van der Waals surface area contributed by atoms with Crippen LogP contribution in [0.25, 0.3) is 0 Å². The van der Waals surface area contributed by atoms with Gasteiger partial charge in [0.05, 0.1) is 30.8 Å². The maximum Gasteiger partial charge on any atom is 0.307 e.